The van der Waals surface area contributed by atoms with Crippen molar-refractivity contribution in [2.45, 2.75) is 33.1 Å². The SMILES string of the molecule is C/C=C/CCC(CC)C[SH](C)(C)(C)C. The van der Waals surface area contributed by atoms with E-state index in [0.29, 0.717) is 0 Å². The minimum Gasteiger partial charge on any atom is -0.292 e. The molecule has 0 aromatic rings. The van der Waals surface area contributed by atoms with E-state index in [2.05, 4.69) is 51.0 Å². The summed E-state index contributed by atoms with van der Waals surface area (Å²) in [5.74, 6) is 2.40. The van der Waals surface area contributed by atoms with Gasteiger partial charge in [-0.25, -0.2) is 0 Å². The van der Waals surface area contributed by atoms with E-state index in [1.54, 1.807) is 0 Å². The quantitative estimate of drug-likeness (QED) is 0.506. The Balaban J connectivity index is 4.04. The first-order valence-corrected chi connectivity index (χ1v) is 10.1. The van der Waals surface area contributed by atoms with Crippen LogP contribution in [0.5, 0.6) is 0 Å². The molecule has 0 spiro atoms. The molecule has 0 aliphatic heterocycles. The first-order chi connectivity index (χ1) is 6.24. The van der Waals surface area contributed by atoms with Gasteiger partial charge in [-0.05, 0) is 56.5 Å². The van der Waals surface area contributed by atoms with Gasteiger partial charge >= 0.3 is 0 Å². The predicted molar refractivity (Wildman–Crippen MR) is 75.4 cm³/mol. The van der Waals surface area contributed by atoms with Crippen molar-refractivity contribution in [1.82, 2.24) is 0 Å². The van der Waals surface area contributed by atoms with Crippen molar-refractivity contribution in [1.29, 1.82) is 0 Å². The second kappa shape index (κ2) is 5.25. The van der Waals surface area contributed by atoms with Gasteiger partial charge in [0, 0.05) is 0 Å². The fraction of sp³-hybridized carbons (Fsp3) is 0.846. The van der Waals surface area contributed by atoms with Crippen LogP contribution in [0.1, 0.15) is 33.1 Å². The molecule has 0 bridgehead atoms. The van der Waals surface area contributed by atoms with E-state index in [1.165, 1.54) is 25.0 Å². The van der Waals surface area contributed by atoms with Gasteiger partial charge in [-0.2, -0.15) is 0 Å². The third-order valence-corrected chi connectivity index (χ3v) is 4.52. The van der Waals surface area contributed by atoms with Gasteiger partial charge in [0.25, 0.3) is 0 Å². The lowest BCUT2D eigenvalue weighted by atomic mass is 10.0. The van der Waals surface area contributed by atoms with Crippen LogP contribution >= 0.6 is 9.16 Å². The fourth-order valence-electron chi connectivity index (χ4n) is 1.96. The van der Waals surface area contributed by atoms with Gasteiger partial charge in [-0.3, -0.25) is 9.16 Å². The molecule has 0 aliphatic carbocycles. The Morgan fingerprint density at radius 1 is 1.14 bits per heavy atom. The third-order valence-electron chi connectivity index (χ3n) is 2.54. The molecular formula is C13H30S. The van der Waals surface area contributed by atoms with Gasteiger partial charge in [0.2, 0.25) is 0 Å². The van der Waals surface area contributed by atoms with Crippen molar-refractivity contribution >= 4 is 9.16 Å². The van der Waals surface area contributed by atoms with Crippen LogP contribution in [0.25, 0.3) is 0 Å². The lowest BCUT2D eigenvalue weighted by Gasteiger charge is -2.49. The number of allylic oxidation sites excluding steroid dienone is 2. The van der Waals surface area contributed by atoms with E-state index in [1.807, 2.05) is 0 Å². The van der Waals surface area contributed by atoms with Crippen molar-refractivity contribution in [2.75, 3.05) is 30.8 Å². The summed E-state index contributed by atoms with van der Waals surface area (Å²) < 4.78 is 0. The molecule has 0 saturated carbocycles. The summed E-state index contributed by atoms with van der Waals surface area (Å²) in [5, 5.41) is 0. The number of thiol groups is 1. The van der Waals surface area contributed by atoms with Crippen molar-refractivity contribution < 1.29 is 0 Å². The largest absolute Gasteiger partial charge is 0.292 e. The van der Waals surface area contributed by atoms with Gasteiger partial charge in [-0.1, -0.05) is 25.5 Å². The minimum absolute atomic E-state index is 0.939. The zero-order valence-electron chi connectivity index (χ0n) is 11.0. The van der Waals surface area contributed by atoms with E-state index in [0.717, 1.165) is 5.92 Å². The molecule has 88 valence electrons. The van der Waals surface area contributed by atoms with Gasteiger partial charge in [0.1, 0.15) is 0 Å². The van der Waals surface area contributed by atoms with Crippen molar-refractivity contribution in [2.24, 2.45) is 5.92 Å². The summed E-state index contributed by atoms with van der Waals surface area (Å²) in [6, 6.07) is 0. The zero-order chi connectivity index (χ0) is 11.3. The van der Waals surface area contributed by atoms with E-state index in [-0.39, 0.29) is 0 Å². The molecule has 0 radical (unpaired) electrons. The summed E-state index contributed by atoms with van der Waals surface area (Å²) in [4.78, 5) is 0. The van der Waals surface area contributed by atoms with Crippen LogP contribution in [0.4, 0.5) is 0 Å². The van der Waals surface area contributed by atoms with Gasteiger partial charge in [-0.15, -0.1) is 0 Å². The molecule has 0 heterocycles. The Morgan fingerprint density at radius 3 is 2.07 bits per heavy atom. The average molecular weight is 218 g/mol. The third kappa shape index (κ3) is 8.68. The molecule has 0 N–H and O–H groups in total. The van der Waals surface area contributed by atoms with Crippen LogP contribution in [-0.4, -0.2) is 30.8 Å². The van der Waals surface area contributed by atoms with Gasteiger partial charge in [0.15, 0.2) is 0 Å². The summed E-state index contributed by atoms with van der Waals surface area (Å²) in [6.07, 6.45) is 18.4. The number of hydrogen-bond donors (Lipinski definition) is 1. The maximum atomic E-state index is 2.49. The lowest BCUT2D eigenvalue weighted by Crippen LogP contribution is -2.21. The average Bonchev–Trinajstić information content (AvgIpc) is 1.99. The highest BCUT2D eigenvalue weighted by molar-refractivity contribution is 8.47. The first-order valence-electron chi connectivity index (χ1n) is 5.86. The molecule has 1 atom stereocenters. The lowest BCUT2D eigenvalue weighted by molar-refractivity contribution is 0.527. The van der Waals surface area contributed by atoms with Crippen LogP contribution in [0.15, 0.2) is 12.2 Å². The van der Waals surface area contributed by atoms with E-state index >= 15 is 0 Å². The Morgan fingerprint density at radius 2 is 1.71 bits per heavy atom. The minimum atomic E-state index is -1.28. The van der Waals surface area contributed by atoms with E-state index in [9.17, 15) is 0 Å². The Hall–Kier alpha value is 0.0900. The molecule has 0 aromatic heterocycles. The highest BCUT2D eigenvalue weighted by Crippen LogP contribution is 2.57. The summed E-state index contributed by atoms with van der Waals surface area (Å²) in [7, 11) is -1.28. The highest BCUT2D eigenvalue weighted by atomic mass is 32.3. The summed E-state index contributed by atoms with van der Waals surface area (Å²) in [6.45, 7) is 4.45. The number of rotatable bonds is 6. The van der Waals surface area contributed by atoms with Crippen molar-refractivity contribution in [3.8, 4) is 0 Å². The maximum Gasteiger partial charge on any atom is -0.0336 e. The topological polar surface area (TPSA) is 0 Å². The van der Waals surface area contributed by atoms with Crippen LogP contribution in [0.2, 0.25) is 0 Å². The maximum absolute atomic E-state index is 2.49. The molecule has 0 nitrogen and oxygen atoms in total. The predicted octanol–water partition coefficient (Wildman–Crippen LogP) is 3.96. The van der Waals surface area contributed by atoms with Gasteiger partial charge < -0.3 is 0 Å². The Kier molecular flexibility index (Phi) is 5.28. The van der Waals surface area contributed by atoms with Crippen LogP contribution < -0.4 is 0 Å². The molecule has 14 heavy (non-hydrogen) atoms. The molecular weight excluding hydrogens is 188 g/mol. The monoisotopic (exact) mass is 218 g/mol. The molecule has 0 amide bonds. The first kappa shape index (κ1) is 14.1. The van der Waals surface area contributed by atoms with Crippen molar-refractivity contribution in [3.05, 3.63) is 12.2 Å². The van der Waals surface area contributed by atoms with Crippen LogP contribution in [0, 0.1) is 5.92 Å². The molecule has 0 rings (SSSR count). The fourth-order valence-corrected chi connectivity index (χ4v) is 4.46. The zero-order valence-corrected chi connectivity index (χ0v) is 11.9. The molecule has 1 heteroatoms. The van der Waals surface area contributed by atoms with Crippen LogP contribution in [0.3, 0.4) is 0 Å². The molecule has 0 aliphatic rings. The highest BCUT2D eigenvalue weighted by Gasteiger charge is 2.22. The molecule has 0 aromatic carbocycles. The summed E-state index contributed by atoms with van der Waals surface area (Å²) in [5.41, 5.74) is 0. The summed E-state index contributed by atoms with van der Waals surface area (Å²) >= 11 is 0. The van der Waals surface area contributed by atoms with E-state index in [4.69, 9.17) is 0 Å². The normalized spacial score (nSPS) is 18.0. The van der Waals surface area contributed by atoms with E-state index < -0.39 is 9.16 Å². The Labute approximate surface area is 91.5 Å². The Bertz CT molecular complexity index is 174. The molecule has 0 saturated heterocycles. The van der Waals surface area contributed by atoms with Crippen molar-refractivity contribution in [3.63, 3.8) is 0 Å². The molecule has 0 fully saturated rings. The number of hydrogen-bond acceptors (Lipinski definition) is 0. The smallest absolute Gasteiger partial charge is 0.0336 e. The van der Waals surface area contributed by atoms with Crippen LogP contribution in [-0.2, 0) is 0 Å². The molecule has 1 unspecified atom stereocenters. The van der Waals surface area contributed by atoms with Gasteiger partial charge in [0.05, 0.1) is 0 Å². The second-order valence-electron chi connectivity index (χ2n) is 6.55. The standard InChI is InChI=1S/C13H30S/c1-7-9-10-11-13(8-2)12-14(3,4,5)6/h7,9,13-14H,8,10-12H2,1-6H3/b9-7+. The second-order valence-corrected chi connectivity index (χ2v) is 14.8.